The number of aryl methyl sites for hydroxylation is 1. The zero-order chi connectivity index (χ0) is 16.7. The Morgan fingerprint density at radius 2 is 1.78 bits per heavy atom. The summed E-state index contributed by atoms with van der Waals surface area (Å²) in [6, 6.07) is 15.3. The van der Waals surface area contributed by atoms with E-state index in [2.05, 4.69) is 17.4 Å². The lowest BCUT2D eigenvalue weighted by Gasteiger charge is -2.12. The van der Waals surface area contributed by atoms with Gasteiger partial charge in [-0.15, -0.1) is 0 Å². The molecular formula is C19H21NO3. The second-order valence-electron chi connectivity index (χ2n) is 5.39. The largest absolute Gasteiger partial charge is 0.493 e. The Labute approximate surface area is 136 Å². The lowest BCUT2D eigenvalue weighted by Crippen LogP contribution is -2.08. The third-order valence-electron chi connectivity index (χ3n) is 3.39. The maximum atomic E-state index is 11.7. The van der Waals surface area contributed by atoms with Crippen LogP contribution < -0.4 is 10.1 Å². The van der Waals surface area contributed by atoms with Crippen molar-refractivity contribution in [2.24, 2.45) is 0 Å². The molecule has 0 saturated heterocycles. The average molecular weight is 311 g/mol. The molecule has 1 N–H and O–H groups in total. The lowest BCUT2D eigenvalue weighted by molar-refractivity contribution is -0.114. The first-order valence-corrected chi connectivity index (χ1v) is 7.65. The van der Waals surface area contributed by atoms with Gasteiger partial charge >= 0.3 is 0 Å². The van der Waals surface area contributed by atoms with Gasteiger partial charge in [-0.2, -0.15) is 0 Å². The van der Waals surface area contributed by atoms with Crippen molar-refractivity contribution in [2.75, 3.05) is 11.9 Å². The molecule has 0 aliphatic carbocycles. The van der Waals surface area contributed by atoms with Crippen molar-refractivity contribution in [3.05, 3.63) is 59.7 Å². The molecule has 0 aromatic heterocycles. The molecule has 23 heavy (non-hydrogen) atoms. The molecule has 4 heteroatoms. The highest BCUT2D eigenvalue weighted by Crippen LogP contribution is 2.24. The van der Waals surface area contributed by atoms with Gasteiger partial charge in [0.05, 0.1) is 12.2 Å². The van der Waals surface area contributed by atoms with Gasteiger partial charge in [-0.3, -0.25) is 9.59 Å². The van der Waals surface area contributed by atoms with Crippen LogP contribution in [0.1, 0.15) is 36.2 Å². The van der Waals surface area contributed by atoms with Crippen LogP contribution in [-0.2, 0) is 11.2 Å². The predicted octanol–water partition coefficient (Wildman–Crippen LogP) is 3.86. The number of ether oxygens (including phenoxy) is 1. The predicted molar refractivity (Wildman–Crippen MR) is 91.0 cm³/mol. The number of benzene rings is 2. The lowest BCUT2D eigenvalue weighted by atomic mass is 10.1. The van der Waals surface area contributed by atoms with E-state index in [9.17, 15) is 9.59 Å². The summed E-state index contributed by atoms with van der Waals surface area (Å²) in [6.07, 6.45) is 1.77. The highest BCUT2D eigenvalue weighted by atomic mass is 16.5. The Kier molecular flexibility index (Phi) is 5.92. The number of carbonyl (C=O) groups is 2. The van der Waals surface area contributed by atoms with Crippen molar-refractivity contribution < 1.29 is 14.3 Å². The summed E-state index contributed by atoms with van der Waals surface area (Å²) in [5.41, 5.74) is 2.41. The average Bonchev–Trinajstić information content (AvgIpc) is 2.52. The zero-order valence-corrected chi connectivity index (χ0v) is 13.5. The van der Waals surface area contributed by atoms with Crippen molar-refractivity contribution >= 4 is 17.4 Å². The Morgan fingerprint density at radius 1 is 1.04 bits per heavy atom. The normalized spacial score (nSPS) is 10.2. The van der Waals surface area contributed by atoms with Gasteiger partial charge in [-0.05, 0) is 37.5 Å². The van der Waals surface area contributed by atoms with E-state index >= 15 is 0 Å². The Bertz CT molecular complexity index is 680. The Balaban J connectivity index is 1.99. The standard InChI is InChI=1S/C19H21NO3/c1-14(21)18-11-10-17(20-15(2)22)13-19(18)23-12-6-9-16-7-4-3-5-8-16/h3-5,7-8,10-11,13H,6,9,12H2,1-2H3,(H,20,22). The van der Waals surface area contributed by atoms with Gasteiger partial charge in [-0.25, -0.2) is 0 Å². The number of Topliss-reactive ketones (excluding diaryl/α,β-unsaturated/α-hetero) is 1. The molecule has 0 saturated carbocycles. The molecule has 2 aromatic carbocycles. The monoisotopic (exact) mass is 311 g/mol. The molecule has 2 aromatic rings. The fourth-order valence-electron chi connectivity index (χ4n) is 2.32. The van der Waals surface area contributed by atoms with E-state index in [4.69, 9.17) is 4.74 Å². The maximum absolute atomic E-state index is 11.7. The van der Waals surface area contributed by atoms with E-state index in [1.54, 1.807) is 18.2 Å². The zero-order valence-electron chi connectivity index (χ0n) is 13.5. The van der Waals surface area contributed by atoms with Crippen molar-refractivity contribution in [3.8, 4) is 5.75 Å². The first-order chi connectivity index (χ1) is 11.1. The number of amides is 1. The number of nitrogens with one attached hydrogen (secondary N) is 1. The number of hydrogen-bond donors (Lipinski definition) is 1. The summed E-state index contributed by atoms with van der Waals surface area (Å²) < 4.78 is 5.77. The van der Waals surface area contributed by atoms with E-state index in [-0.39, 0.29) is 11.7 Å². The van der Waals surface area contributed by atoms with Crippen LogP contribution in [0.3, 0.4) is 0 Å². The summed E-state index contributed by atoms with van der Waals surface area (Å²) in [5, 5.41) is 2.70. The van der Waals surface area contributed by atoms with E-state index in [1.165, 1.54) is 19.4 Å². The van der Waals surface area contributed by atoms with E-state index in [1.807, 2.05) is 18.2 Å². The van der Waals surface area contributed by atoms with Crippen molar-refractivity contribution in [1.82, 2.24) is 0 Å². The molecule has 0 heterocycles. The number of hydrogen-bond acceptors (Lipinski definition) is 3. The topological polar surface area (TPSA) is 55.4 Å². The molecule has 0 fully saturated rings. The molecule has 0 unspecified atom stereocenters. The fourth-order valence-corrected chi connectivity index (χ4v) is 2.32. The summed E-state index contributed by atoms with van der Waals surface area (Å²) in [7, 11) is 0. The fraction of sp³-hybridized carbons (Fsp3) is 0.263. The minimum Gasteiger partial charge on any atom is -0.493 e. The number of anilines is 1. The quantitative estimate of drug-likeness (QED) is 0.624. The second kappa shape index (κ2) is 8.13. The minimum atomic E-state index is -0.157. The SMILES string of the molecule is CC(=O)Nc1ccc(C(C)=O)c(OCCCc2ccccc2)c1. The van der Waals surface area contributed by atoms with E-state index < -0.39 is 0 Å². The van der Waals surface area contributed by atoms with Crippen LogP contribution in [0.2, 0.25) is 0 Å². The highest BCUT2D eigenvalue weighted by Gasteiger charge is 2.10. The summed E-state index contributed by atoms with van der Waals surface area (Å²) >= 11 is 0. The first-order valence-electron chi connectivity index (χ1n) is 7.65. The van der Waals surface area contributed by atoms with Gasteiger partial charge in [0.1, 0.15) is 5.75 Å². The second-order valence-corrected chi connectivity index (χ2v) is 5.39. The smallest absolute Gasteiger partial charge is 0.221 e. The maximum Gasteiger partial charge on any atom is 0.221 e. The Morgan fingerprint density at radius 3 is 2.43 bits per heavy atom. The van der Waals surface area contributed by atoms with Gasteiger partial charge in [0.25, 0.3) is 0 Å². The Hall–Kier alpha value is -2.62. The third-order valence-corrected chi connectivity index (χ3v) is 3.39. The van der Waals surface area contributed by atoms with Gasteiger partial charge < -0.3 is 10.1 Å². The summed E-state index contributed by atoms with van der Waals surface area (Å²) in [6.45, 7) is 3.46. The number of rotatable bonds is 7. The first kappa shape index (κ1) is 16.7. The van der Waals surface area contributed by atoms with Crippen LogP contribution in [0, 0.1) is 0 Å². The van der Waals surface area contributed by atoms with Gasteiger partial charge in [0.15, 0.2) is 5.78 Å². The molecule has 1 amide bonds. The molecule has 0 bridgehead atoms. The van der Waals surface area contributed by atoms with Crippen LogP contribution in [-0.4, -0.2) is 18.3 Å². The molecule has 0 atom stereocenters. The molecule has 4 nitrogen and oxygen atoms in total. The van der Waals surface area contributed by atoms with Crippen molar-refractivity contribution in [1.29, 1.82) is 0 Å². The van der Waals surface area contributed by atoms with Crippen molar-refractivity contribution in [2.45, 2.75) is 26.7 Å². The summed E-state index contributed by atoms with van der Waals surface area (Å²) in [4.78, 5) is 22.8. The molecular weight excluding hydrogens is 290 g/mol. The van der Waals surface area contributed by atoms with Crippen LogP contribution >= 0.6 is 0 Å². The van der Waals surface area contributed by atoms with Gasteiger partial charge in [0, 0.05) is 18.7 Å². The summed E-state index contributed by atoms with van der Waals surface area (Å²) in [5.74, 6) is 0.296. The molecule has 120 valence electrons. The molecule has 0 spiro atoms. The number of ketones is 1. The molecule has 0 aliphatic heterocycles. The highest BCUT2D eigenvalue weighted by molar-refractivity contribution is 5.98. The van der Waals surface area contributed by atoms with Gasteiger partial charge in [0.2, 0.25) is 5.91 Å². The van der Waals surface area contributed by atoms with Crippen LogP contribution in [0.4, 0.5) is 5.69 Å². The van der Waals surface area contributed by atoms with Crippen LogP contribution in [0.25, 0.3) is 0 Å². The van der Waals surface area contributed by atoms with E-state index in [0.29, 0.717) is 23.6 Å². The molecule has 0 radical (unpaired) electrons. The van der Waals surface area contributed by atoms with E-state index in [0.717, 1.165) is 12.8 Å². The minimum absolute atomic E-state index is 0.0579. The van der Waals surface area contributed by atoms with Gasteiger partial charge in [-0.1, -0.05) is 30.3 Å². The third kappa shape index (κ3) is 5.25. The molecule has 2 rings (SSSR count). The van der Waals surface area contributed by atoms with Crippen LogP contribution in [0.5, 0.6) is 5.75 Å². The molecule has 0 aliphatic rings. The number of carbonyl (C=O) groups excluding carboxylic acids is 2. The van der Waals surface area contributed by atoms with Crippen LogP contribution in [0.15, 0.2) is 48.5 Å². The van der Waals surface area contributed by atoms with Crippen molar-refractivity contribution in [3.63, 3.8) is 0 Å².